The van der Waals surface area contributed by atoms with Gasteiger partial charge in [0.05, 0.1) is 12.2 Å². The summed E-state index contributed by atoms with van der Waals surface area (Å²) < 4.78 is 5.84. The Morgan fingerprint density at radius 1 is 1.25 bits per heavy atom. The van der Waals surface area contributed by atoms with Gasteiger partial charge in [0.2, 0.25) is 0 Å². The lowest BCUT2D eigenvalue weighted by Gasteiger charge is -2.58. The van der Waals surface area contributed by atoms with Gasteiger partial charge in [0.15, 0.2) is 5.78 Å². The first kappa shape index (κ1) is 15.3. The molecule has 0 bridgehead atoms. The maximum Gasteiger partial charge on any atom is 0.156 e. The monoisotopic (exact) mass is 328 g/mol. The van der Waals surface area contributed by atoms with Gasteiger partial charge in [-0.2, -0.15) is 0 Å². The van der Waals surface area contributed by atoms with Crippen LogP contribution in [0.4, 0.5) is 0 Å². The Labute approximate surface area is 144 Å². The van der Waals surface area contributed by atoms with E-state index in [1.54, 1.807) is 6.92 Å². The number of epoxide rings is 1. The van der Waals surface area contributed by atoms with Gasteiger partial charge in [-0.05, 0) is 67.8 Å². The van der Waals surface area contributed by atoms with Crippen LogP contribution >= 0.6 is 0 Å². The fourth-order valence-corrected chi connectivity index (χ4v) is 7.46. The van der Waals surface area contributed by atoms with E-state index in [1.807, 2.05) is 0 Å². The largest absolute Gasteiger partial charge is 0.370 e. The molecule has 8 atom stereocenters. The molecule has 3 saturated carbocycles. The minimum Gasteiger partial charge on any atom is -0.370 e. The third-order valence-corrected chi connectivity index (χ3v) is 8.56. The van der Waals surface area contributed by atoms with Gasteiger partial charge in [-0.1, -0.05) is 19.9 Å². The van der Waals surface area contributed by atoms with Crippen LogP contribution in [0.2, 0.25) is 0 Å². The normalized spacial score (nSPS) is 55.0. The molecule has 0 aromatic rings. The van der Waals surface area contributed by atoms with Crippen molar-refractivity contribution in [3.63, 3.8) is 0 Å². The second kappa shape index (κ2) is 4.60. The maximum absolute atomic E-state index is 13.3. The number of carbonyl (C=O) groups excluding carboxylic acids is 2. The molecule has 0 radical (unpaired) electrons. The maximum atomic E-state index is 13.3. The number of carbonyl (C=O) groups is 2. The molecule has 5 aliphatic rings. The summed E-state index contributed by atoms with van der Waals surface area (Å²) in [5.41, 5.74) is 0.847. The van der Waals surface area contributed by atoms with Crippen LogP contribution in [0.15, 0.2) is 11.6 Å². The number of fused-ring (bicyclic) bond motifs is 6. The highest BCUT2D eigenvalue weighted by atomic mass is 16.6. The molecule has 24 heavy (non-hydrogen) atoms. The number of Topliss-reactive ketones (excluding diaryl/α,β-unsaturated/α-hetero) is 2. The summed E-state index contributed by atoms with van der Waals surface area (Å²) in [4.78, 5) is 25.5. The summed E-state index contributed by atoms with van der Waals surface area (Å²) in [6.45, 7) is 6.22. The molecular weight excluding hydrogens is 300 g/mol. The van der Waals surface area contributed by atoms with Crippen LogP contribution in [-0.2, 0) is 14.3 Å². The fraction of sp³-hybridized carbons (Fsp3) is 0.810. The molecule has 1 saturated heterocycles. The zero-order chi connectivity index (χ0) is 16.9. The van der Waals surface area contributed by atoms with Crippen LogP contribution in [0.3, 0.4) is 0 Å². The van der Waals surface area contributed by atoms with E-state index < -0.39 is 0 Å². The van der Waals surface area contributed by atoms with Crippen LogP contribution in [0.25, 0.3) is 0 Å². The van der Waals surface area contributed by atoms with Crippen molar-refractivity contribution in [2.75, 3.05) is 0 Å². The second-order valence-electron chi connectivity index (χ2n) is 9.65. The van der Waals surface area contributed by atoms with E-state index in [9.17, 15) is 9.59 Å². The highest BCUT2D eigenvalue weighted by Crippen LogP contribution is 2.66. The Kier molecular flexibility index (Phi) is 2.94. The summed E-state index contributed by atoms with van der Waals surface area (Å²) in [6.07, 6.45) is 9.25. The summed E-state index contributed by atoms with van der Waals surface area (Å²) in [7, 11) is 0. The van der Waals surface area contributed by atoms with E-state index >= 15 is 0 Å². The van der Waals surface area contributed by atoms with Gasteiger partial charge in [0.25, 0.3) is 0 Å². The zero-order valence-electron chi connectivity index (χ0n) is 15.0. The molecule has 0 aromatic heterocycles. The number of hydrogen-bond donors (Lipinski definition) is 0. The molecule has 130 valence electrons. The van der Waals surface area contributed by atoms with Crippen molar-refractivity contribution in [3.05, 3.63) is 11.6 Å². The number of ether oxygens (including phenoxy) is 1. The molecular formula is C21H28O3. The number of ketones is 2. The van der Waals surface area contributed by atoms with Crippen molar-refractivity contribution in [1.29, 1.82) is 0 Å². The summed E-state index contributed by atoms with van der Waals surface area (Å²) in [5.74, 6) is 2.38. The molecule has 0 spiro atoms. The molecule has 0 N–H and O–H groups in total. The van der Waals surface area contributed by atoms with Crippen molar-refractivity contribution in [1.82, 2.24) is 0 Å². The third kappa shape index (κ3) is 1.77. The molecule has 0 unspecified atom stereocenters. The molecule has 3 nitrogen and oxygen atoms in total. The lowest BCUT2D eigenvalue weighted by molar-refractivity contribution is -0.153. The van der Waals surface area contributed by atoms with Gasteiger partial charge in [0, 0.05) is 17.8 Å². The van der Waals surface area contributed by atoms with E-state index in [0.29, 0.717) is 42.2 Å². The lowest BCUT2D eigenvalue weighted by Crippen LogP contribution is -2.57. The van der Waals surface area contributed by atoms with E-state index in [4.69, 9.17) is 4.74 Å². The quantitative estimate of drug-likeness (QED) is 0.689. The van der Waals surface area contributed by atoms with Crippen LogP contribution in [0, 0.1) is 34.5 Å². The van der Waals surface area contributed by atoms with Crippen LogP contribution in [0.5, 0.6) is 0 Å². The zero-order valence-corrected chi connectivity index (χ0v) is 15.0. The van der Waals surface area contributed by atoms with Crippen molar-refractivity contribution in [2.24, 2.45) is 34.5 Å². The molecule has 4 aliphatic carbocycles. The standard InChI is InChI=1S/C21H28O3/c1-11(22)14-6-7-15-13-5-4-12-8-17-18(24-17)10-20(12,2)19(13)16(23)9-21(14,15)3/h6,12-13,15,17-19H,4-5,7-10H2,1-3H3/t12-,13-,15-,17-,18+,19+,20-,21+/m0/s1. The summed E-state index contributed by atoms with van der Waals surface area (Å²) in [6, 6.07) is 0. The Morgan fingerprint density at radius 3 is 2.79 bits per heavy atom. The fourth-order valence-electron chi connectivity index (χ4n) is 7.46. The average molecular weight is 328 g/mol. The molecule has 5 rings (SSSR count). The highest BCUT2D eigenvalue weighted by Gasteiger charge is 2.65. The lowest BCUT2D eigenvalue weighted by atomic mass is 9.44. The minimum absolute atomic E-state index is 0.123. The van der Waals surface area contributed by atoms with Crippen molar-refractivity contribution < 1.29 is 14.3 Å². The summed E-state index contributed by atoms with van der Waals surface area (Å²) in [5, 5.41) is 0. The average Bonchev–Trinajstić information content (AvgIpc) is 3.13. The van der Waals surface area contributed by atoms with Gasteiger partial charge < -0.3 is 4.74 Å². The molecule has 0 aromatic carbocycles. The van der Waals surface area contributed by atoms with Gasteiger partial charge >= 0.3 is 0 Å². The summed E-state index contributed by atoms with van der Waals surface area (Å²) >= 11 is 0. The van der Waals surface area contributed by atoms with Gasteiger partial charge in [0.1, 0.15) is 5.78 Å². The molecule has 4 fully saturated rings. The van der Waals surface area contributed by atoms with Gasteiger partial charge in [-0.15, -0.1) is 0 Å². The van der Waals surface area contributed by atoms with Gasteiger partial charge in [-0.3, -0.25) is 9.59 Å². The minimum atomic E-state index is -0.208. The van der Waals surface area contributed by atoms with Gasteiger partial charge in [-0.25, -0.2) is 0 Å². The molecule has 3 heteroatoms. The first-order valence-corrected chi connectivity index (χ1v) is 9.74. The Bertz CT molecular complexity index is 664. The molecule has 1 aliphatic heterocycles. The highest BCUT2D eigenvalue weighted by molar-refractivity contribution is 5.97. The third-order valence-electron chi connectivity index (χ3n) is 8.56. The molecule has 0 amide bonds. The first-order valence-electron chi connectivity index (χ1n) is 9.74. The van der Waals surface area contributed by atoms with Crippen LogP contribution in [0.1, 0.15) is 59.3 Å². The predicted octanol–water partition coefficient (Wildman–Crippen LogP) is 3.71. The number of allylic oxidation sites excluding steroid dienone is 2. The Morgan fingerprint density at radius 2 is 2.04 bits per heavy atom. The topological polar surface area (TPSA) is 46.7 Å². The van der Waals surface area contributed by atoms with Crippen molar-refractivity contribution in [3.8, 4) is 0 Å². The van der Waals surface area contributed by atoms with E-state index in [-0.39, 0.29) is 22.5 Å². The SMILES string of the molecule is CC(=O)C1=CC[C@H]2[C@@H]3CC[C@H]4C[C@@H]5O[C@@H]5C[C@]4(C)[C@H]3C(=O)C[C@]12C. The Hall–Kier alpha value is -0.960. The van der Waals surface area contributed by atoms with E-state index in [2.05, 4.69) is 19.9 Å². The van der Waals surface area contributed by atoms with Crippen molar-refractivity contribution >= 4 is 11.6 Å². The van der Waals surface area contributed by atoms with Crippen molar-refractivity contribution in [2.45, 2.75) is 71.5 Å². The number of hydrogen-bond acceptors (Lipinski definition) is 3. The first-order chi connectivity index (χ1) is 11.3. The van der Waals surface area contributed by atoms with E-state index in [0.717, 1.165) is 31.3 Å². The molecule has 1 heterocycles. The Balaban J connectivity index is 1.52. The van der Waals surface area contributed by atoms with Crippen LogP contribution < -0.4 is 0 Å². The number of rotatable bonds is 1. The second-order valence-corrected chi connectivity index (χ2v) is 9.65. The predicted molar refractivity (Wildman–Crippen MR) is 90.3 cm³/mol. The smallest absolute Gasteiger partial charge is 0.156 e. The van der Waals surface area contributed by atoms with E-state index in [1.165, 1.54) is 6.42 Å². The van der Waals surface area contributed by atoms with Crippen LogP contribution in [-0.4, -0.2) is 23.8 Å².